The Morgan fingerprint density at radius 2 is 1.29 bits per heavy atom. The molecule has 0 fully saturated rings. The second kappa shape index (κ2) is 11.2. The highest BCUT2D eigenvalue weighted by molar-refractivity contribution is 6.02. The zero-order valence-electron chi connectivity index (χ0n) is 19.6. The van der Waals surface area contributed by atoms with Gasteiger partial charge in [0.25, 0.3) is 0 Å². The van der Waals surface area contributed by atoms with Crippen LogP contribution in [0.5, 0.6) is 0 Å². The van der Waals surface area contributed by atoms with Crippen LogP contribution >= 0.6 is 0 Å². The van der Waals surface area contributed by atoms with Crippen molar-refractivity contribution in [1.82, 2.24) is 4.90 Å². The Morgan fingerprint density at radius 1 is 0.806 bits per heavy atom. The number of rotatable bonds is 10. The average Bonchev–Trinajstić information content (AvgIpc) is 2.80. The van der Waals surface area contributed by atoms with Crippen molar-refractivity contribution in [2.24, 2.45) is 0 Å². The van der Waals surface area contributed by atoms with Crippen LogP contribution in [0.3, 0.4) is 0 Å². The molecule has 0 heterocycles. The first-order valence-corrected chi connectivity index (χ1v) is 12.0. The number of ether oxygens (including phenoxy) is 1. The van der Waals surface area contributed by atoms with E-state index in [1.165, 1.54) is 10.8 Å². The van der Waals surface area contributed by atoms with Crippen LogP contribution in [0.2, 0.25) is 0 Å². The third-order valence-electron chi connectivity index (χ3n) is 6.41. The molecule has 2 atom stereocenters. The van der Waals surface area contributed by atoms with Crippen LogP contribution in [-0.4, -0.2) is 23.1 Å². The maximum Gasteiger partial charge on any atom is 0.410 e. The first-order valence-electron chi connectivity index (χ1n) is 12.0. The predicted octanol–water partition coefficient (Wildman–Crippen LogP) is 8.09. The maximum atomic E-state index is 13.4. The summed E-state index contributed by atoms with van der Waals surface area (Å²) in [5.74, 6) is 0. The van der Waals surface area contributed by atoms with Crippen molar-refractivity contribution in [2.75, 3.05) is 0 Å². The van der Waals surface area contributed by atoms with Crippen LogP contribution in [0.25, 0.3) is 21.5 Å². The number of fused-ring (bicyclic) bond motifs is 2. The molecule has 3 nitrogen and oxygen atoms in total. The zero-order valence-corrected chi connectivity index (χ0v) is 19.6. The lowest BCUT2D eigenvalue weighted by Crippen LogP contribution is -2.47. The van der Waals surface area contributed by atoms with Crippen molar-refractivity contribution in [1.29, 1.82) is 0 Å². The van der Waals surface area contributed by atoms with Gasteiger partial charge in [-0.2, -0.15) is 0 Å². The van der Waals surface area contributed by atoms with Gasteiger partial charge in [0.15, 0.2) is 0 Å². The van der Waals surface area contributed by atoms with Crippen molar-refractivity contribution in [3.05, 3.63) is 60.2 Å². The van der Waals surface area contributed by atoms with Gasteiger partial charge in [0.05, 0.1) is 0 Å². The second-order valence-corrected chi connectivity index (χ2v) is 8.46. The molecule has 0 saturated heterocycles. The number of hydrogen-bond acceptors (Lipinski definition) is 2. The van der Waals surface area contributed by atoms with Gasteiger partial charge in [0.1, 0.15) is 6.61 Å². The van der Waals surface area contributed by atoms with E-state index in [-0.39, 0.29) is 18.2 Å². The lowest BCUT2D eigenvalue weighted by molar-refractivity contribution is 0.0540. The third-order valence-corrected chi connectivity index (χ3v) is 6.41. The predicted molar refractivity (Wildman–Crippen MR) is 131 cm³/mol. The van der Waals surface area contributed by atoms with E-state index in [1.54, 1.807) is 0 Å². The van der Waals surface area contributed by atoms with Crippen molar-refractivity contribution in [3.63, 3.8) is 0 Å². The van der Waals surface area contributed by atoms with Crippen LogP contribution in [0.1, 0.15) is 71.8 Å². The minimum atomic E-state index is -0.169. The molecule has 3 aromatic carbocycles. The SMILES string of the molecule is CCCC(CC)N(C(=O)OCc1c2ccccc2cc2ccccc12)C(CC)CCC. The highest BCUT2D eigenvalue weighted by Crippen LogP contribution is 2.30. The Morgan fingerprint density at radius 3 is 1.74 bits per heavy atom. The van der Waals surface area contributed by atoms with Crippen LogP contribution in [0.15, 0.2) is 54.6 Å². The average molecular weight is 420 g/mol. The van der Waals surface area contributed by atoms with Gasteiger partial charge in [-0.1, -0.05) is 89.1 Å². The van der Waals surface area contributed by atoms with E-state index in [0.717, 1.165) is 54.9 Å². The summed E-state index contributed by atoms with van der Waals surface area (Å²) >= 11 is 0. The molecule has 166 valence electrons. The zero-order chi connectivity index (χ0) is 22.2. The van der Waals surface area contributed by atoms with E-state index < -0.39 is 0 Å². The van der Waals surface area contributed by atoms with Crippen LogP contribution < -0.4 is 0 Å². The van der Waals surface area contributed by atoms with E-state index in [4.69, 9.17) is 4.74 Å². The monoisotopic (exact) mass is 419 g/mol. The summed E-state index contributed by atoms with van der Waals surface area (Å²) < 4.78 is 6.05. The molecule has 0 aliphatic rings. The molecule has 0 bridgehead atoms. The molecule has 0 aromatic heterocycles. The summed E-state index contributed by atoms with van der Waals surface area (Å²) in [6, 6.07) is 19.4. The summed E-state index contributed by atoms with van der Waals surface area (Å²) in [5.41, 5.74) is 1.09. The van der Waals surface area contributed by atoms with Gasteiger partial charge in [-0.05, 0) is 53.3 Å². The van der Waals surface area contributed by atoms with Gasteiger partial charge >= 0.3 is 6.09 Å². The Hall–Kier alpha value is -2.55. The molecule has 0 radical (unpaired) electrons. The number of carbonyl (C=O) groups is 1. The summed E-state index contributed by atoms with van der Waals surface area (Å²) in [6.45, 7) is 9.03. The highest BCUT2D eigenvalue weighted by Gasteiger charge is 2.29. The van der Waals surface area contributed by atoms with Crippen LogP contribution in [0.4, 0.5) is 4.79 Å². The minimum Gasteiger partial charge on any atom is -0.444 e. The highest BCUT2D eigenvalue weighted by atomic mass is 16.6. The molecule has 3 aromatic rings. The van der Waals surface area contributed by atoms with E-state index in [9.17, 15) is 4.79 Å². The number of hydrogen-bond donors (Lipinski definition) is 0. The van der Waals surface area contributed by atoms with Gasteiger partial charge in [-0.15, -0.1) is 0 Å². The Bertz CT molecular complexity index is 929. The molecule has 3 heteroatoms. The van der Waals surface area contributed by atoms with Crippen LogP contribution in [0, 0.1) is 0 Å². The van der Waals surface area contributed by atoms with E-state index in [0.29, 0.717) is 6.61 Å². The van der Waals surface area contributed by atoms with Gasteiger partial charge in [-0.3, -0.25) is 0 Å². The van der Waals surface area contributed by atoms with Crippen molar-refractivity contribution < 1.29 is 9.53 Å². The second-order valence-electron chi connectivity index (χ2n) is 8.46. The lowest BCUT2D eigenvalue weighted by Gasteiger charge is -2.37. The minimum absolute atomic E-state index is 0.169. The number of carbonyl (C=O) groups excluding carboxylic acids is 1. The summed E-state index contributed by atoms with van der Waals surface area (Å²) in [5, 5.41) is 4.67. The topological polar surface area (TPSA) is 29.5 Å². The Balaban J connectivity index is 1.93. The Kier molecular flexibility index (Phi) is 8.34. The van der Waals surface area contributed by atoms with Crippen molar-refractivity contribution in [3.8, 4) is 0 Å². The maximum absolute atomic E-state index is 13.4. The van der Waals surface area contributed by atoms with E-state index >= 15 is 0 Å². The molecule has 1 amide bonds. The van der Waals surface area contributed by atoms with E-state index in [1.807, 2.05) is 0 Å². The third kappa shape index (κ3) is 5.20. The molecular formula is C28H37NO2. The normalized spacial score (nSPS) is 13.3. The quantitative estimate of drug-likeness (QED) is 0.311. The standard InChI is InChI=1S/C28H37NO2/c1-5-13-23(7-3)29(24(8-4)14-6-2)28(30)31-20-27-25-17-11-9-15-21(25)19-22-16-10-12-18-26(22)27/h9-12,15-19,23-24H,5-8,13-14,20H2,1-4H3. The number of amides is 1. The first kappa shape index (κ1) is 23.1. The van der Waals surface area contributed by atoms with Gasteiger partial charge in [0, 0.05) is 17.6 Å². The summed E-state index contributed by atoms with van der Waals surface area (Å²) in [6.07, 6.45) is 5.92. The molecule has 0 spiro atoms. The number of nitrogens with zero attached hydrogens (tertiary/aromatic N) is 1. The molecule has 0 aliphatic carbocycles. The largest absolute Gasteiger partial charge is 0.444 e. The molecule has 0 N–H and O–H groups in total. The number of benzene rings is 3. The molecular weight excluding hydrogens is 382 g/mol. The van der Waals surface area contributed by atoms with Crippen molar-refractivity contribution in [2.45, 2.75) is 84.9 Å². The molecule has 2 unspecified atom stereocenters. The first-order chi connectivity index (χ1) is 15.1. The van der Waals surface area contributed by atoms with Gasteiger partial charge in [-0.25, -0.2) is 4.79 Å². The lowest BCUT2D eigenvalue weighted by atomic mass is 9.97. The smallest absolute Gasteiger partial charge is 0.410 e. The molecule has 31 heavy (non-hydrogen) atoms. The molecule has 0 saturated carbocycles. The fraction of sp³-hybridized carbons (Fsp3) is 0.464. The summed E-state index contributed by atoms with van der Waals surface area (Å²) in [7, 11) is 0. The summed E-state index contributed by atoms with van der Waals surface area (Å²) in [4.78, 5) is 15.5. The van der Waals surface area contributed by atoms with Crippen molar-refractivity contribution >= 4 is 27.6 Å². The van der Waals surface area contributed by atoms with Gasteiger partial charge in [0.2, 0.25) is 0 Å². The van der Waals surface area contributed by atoms with Crippen LogP contribution in [-0.2, 0) is 11.3 Å². The van der Waals surface area contributed by atoms with Gasteiger partial charge < -0.3 is 9.64 Å². The fourth-order valence-electron chi connectivity index (χ4n) is 4.81. The molecule has 0 aliphatic heterocycles. The fourth-order valence-corrected chi connectivity index (χ4v) is 4.81. The molecule has 3 rings (SSSR count). The van der Waals surface area contributed by atoms with E-state index in [2.05, 4.69) is 87.2 Å². The Labute approximate surface area is 187 Å².